The van der Waals surface area contributed by atoms with Crippen LogP contribution in [0.1, 0.15) is 45.1 Å². The van der Waals surface area contributed by atoms with Gasteiger partial charge in [-0.25, -0.2) is 13.6 Å². The molecule has 3 amide bonds. The number of halogens is 2. The first-order valence-corrected chi connectivity index (χ1v) is 10.8. The fraction of sp³-hybridized carbons (Fsp3) is 0.591. The van der Waals surface area contributed by atoms with Gasteiger partial charge in [0, 0.05) is 36.3 Å². The third-order valence-corrected chi connectivity index (χ3v) is 6.29. The summed E-state index contributed by atoms with van der Waals surface area (Å²) in [6.07, 6.45) is -0.742. The molecule has 3 heterocycles. The Morgan fingerprint density at radius 2 is 1.75 bits per heavy atom. The van der Waals surface area contributed by atoms with Crippen LogP contribution >= 0.6 is 0 Å². The Labute approximate surface area is 185 Å². The van der Waals surface area contributed by atoms with Crippen LogP contribution < -0.4 is 15.5 Å². The Hall–Kier alpha value is -2.75. The second kappa shape index (κ2) is 8.31. The Kier molecular flexibility index (Phi) is 5.83. The summed E-state index contributed by atoms with van der Waals surface area (Å²) in [5.41, 5.74) is 0.0573. The van der Waals surface area contributed by atoms with E-state index in [9.17, 15) is 23.2 Å². The highest BCUT2D eigenvalue weighted by molar-refractivity contribution is 6.01. The summed E-state index contributed by atoms with van der Waals surface area (Å²) in [7, 11) is 0. The van der Waals surface area contributed by atoms with Crippen LogP contribution in [0.4, 0.5) is 19.3 Å². The lowest BCUT2D eigenvalue weighted by atomic mass is 9.89. The molecule has 1 aromatic carbocycles. The fourth-order valence-electron chi connectivity index (χ4n) is 4.25. The van der Waals surface area contributed by atoms with Crippen molar-refractivity contribution >= 4 is 23.6 Å². The molecule has 2 N–H and O–H groups in total. The molecule has 8 nitrogen and oxygen atoms in total. The zero-order chi connectivity index (χ0) is 23.2. The zero-order valence-corrected chi connectivity index (χ0v) is 18.4. The third kappa shape index (κ3) is 4.55. The van der Waals surface area contributed by atoms with Crippen molar-refractivity contribution < 1.29 is 27.9 Å². The smallest absolute Gasteiger partial charge is 0.407 e. The molecule has 3 aliphatic rings. The van der Waals surface area contributed by atoms with Crippen LogP contribution in [-0.4, -0.2) is 66.7 Å². The van der Waals surface area contributed by atoms with Gasteiger partial charge in [0.25, 0.3) is 0 Å². The second-order valence-electron chi connectivity index (χ2n) is 9.68. The topological polar surface area (TPSA) is 91.0 Å². The van der Waals surface area contributed by atoms with Gasteiger partial charge in [0.1, 0.15) is 17.7 Å². The number of anilines is 1. The van der Waals surface area contributed by atoms with E-state index >= 15 is 0 Å². The Morgan fingerprint density at radius 3 is 2.31 bits per heavy atom. The molecule has 3 aliphatic heterocycles. The standard InChI is InChI=1S/C22H28F2N4O4/c1-22(2,3)28-8-12(9-28)25-21(31)32-14-10-27(11-14)13-6-16(23)19(17(24)7-13)15-4-5-18(29)26-20(15)30/h6-7,12,14-15H,4-5,8-11H2,1-3H3,(H,25,31)(H,26,29,30). The molecule has 4 rings (SSSR count). The summed E-state index contributed by atoms with van der Waals surface area (Å²) in [6.45, 7) is 8.54. The lowest BCUT2D eigenvalue weighted by Crippen LogP contribution is -2.65. The first-order chi connectivity index (χ1) is 15.0. The van der Waals surface area contributed by atoms with Crippen LogP contribution in [0.3, 0.4) is 0 Å². The SMILES string of the molecule is CC(C)(C)N1CC(NC(=O)OC2CN(c3cc(F)c(C4CCC(=O)NC4=O)c(F)c3)C2)C1. The summed E-state index contributed by atoms with van der Waals surface area (Å²) in [5, 5.41) is 4.96. The lowest BCUT2D eigenvalue weighted by Gasteiger charge is -2.47. The number of carbonyl (C=O) groups excluding carboxylic acids is 3. The summed E-state index contributed by atoms with van der Waals surface area (Å²) in [5.74, 6) is -3.82. The highest BCUT2D eigenvalue weighted by Crippen LogP contribution is 2.33. The number of nitrogens with one attached hydrogen (secondary N) is 2. The predicted octanol–water partition coefficient (Wildman–Crippen LogP) is 1.88. The van der Waals surface area contributed by atoms with Crippen LogP contribution in [0.25, 0.3) is 0 Å². The number of piperidine rings is 1. The Morgan fingerprint density at radius 1 is 1.12 bits per heavy atom. The summed E-state index contributed by atoms with van der Waals surface area (Å²) >= 11 is 0. The van der Waals surface area contributed by atoms with Gasteiger partial charge in [0.15, 0.2) is 0 Å². The number of benzene rings is 1. The molecule has 1 aromatic rings. The minimum absolute atomic E-state index is 0.0410. The van der Waals surface area contributed by atoms with Gasteiger partial charge < -0.3 is 15.0 Å². The number of nitrogens with zero attached hydrogens (tertiary/aromatic N) is 2. The van der Waals surface area contributed by atoms with E-state index in [1.165, 1.54) is 12.1 Å². The molecule has 0 aliphatic carbocycles. The average molecular weight is 450 g/mol. The van der Waals surface area contributed by atoms with Crippen molar-refractivity contribution in [3.8, 4) is 0 Å². The van der Waals surface area contributed by atoms with E-state index < -0.39 is 35.5 Å². The number of carbonyl (C=O) groups is 3. The normalized spacial score (nSPS) is 22.8. The van der Waals surface area contributed by atoms with Crippen molar-refractivity contribution in [3.63, 3.8) is 0 Å². The molecule has 0 aromatic heterocycles. The highest BCUT2D eigenvalue weighted by Gasteiger charge is 2.38. The molecule has 32 heavy (non-hydrogen) atoms. The number of ether oxygens (including phenoxy) is 1. The van der Waals surface area contributed by atoms with Gasteiger partial charge in [-0.15, -0.1) is 0 Å². The van der Waals surface area contributed by atoms with Gasteiger partial charge in [0.05, 0.1) is 25.0 Å². The number of rotatable bonds is 4. The average Bonchev–Trinajstić information content (AvgIpc) is 2.60. The van der Waals surface area contributed by atoms with Crippen LogP contribution in [-0.2, 0) is 14.3 Å². The van der Waals surface area contributed by atoms with Crippen molar-refractivity contribution in [2.45, 2.75) is 57.2 Å². The number of imide groups is 1. The van der Waals surface area contributed by atoms with Gasteiger partial charge >= 0.3 is 6.09 Å². The molecule has 174 valence electrons. The minimum atomic E-state index is -1.03. The lowest BCUT2D eigenvalue weighted by molar-refractivity contribution is -0.134. The predicted molar refractivity (Wildman–Crippen MR) is 112 cm³/mol. The Bertz CT molecular complexity index is 913. The van der Waals surface area contributed by atoms with Gasteiger partial charge in [-0.2, -0.15) is 0 Å². The van der Waals surface area contributed by atoms with Crippen molar-refractivity contribution in [2.75, 3.05) is 31.1 Å². The molecule has 0 saturated carbocycles. The molecule has 0 bridgehead atoms. The number of likely N-dealkylation sites (tertiary alicyclic amines) is 1. The first-order valence-electron chi connectivity index (χ1n) is 10.8. The fourth-order valence-corrected chi connectivity index (χ4v) is 4.25. The molecule has 10 heteroatoms. The summed E-state index contributed by atoms with van der Waals surface area (Å²) < 4.78 is 34.7. The number of alkyl carbamates (subject to hydrolysis) is 1. The van der Waals surface area contributed by atoms with Crippen LogP contribution in [0.15, 0.2) is 12.1 Å². The van der Waals surface area contributed by atoms with E-state index in [4.69, 9.17) is 4.74 Å². The molecule has 3 saturated heterocycles. The molecule has 1 unspecified atom stereocenters. The summed E-state index contributed by atoms with van der Waals surface area (Å²) in [4.78, 5) is 39.3. The van der Waals surface area contributed by atoms with E-state index in [2.05, 4.69) is 36.3 Å². The molecule has 3 fully saturated rings. The maximum absolute atomic E-state index is 14.7. The van der Waals surface area contributed by atoms with E-state index in [0.29, 0.717) is 18.8 Å². The Balaban J connectivity index is 1.28. The van der Waals surface area contributed by atoms with E-state index in [-0.39, 0.29) is 36.1 Å². The highest BCUT2D eigenvalue weighted by atomic mass is 19.1. The molecule has 1 atom stereocenters. The van der Waals surface area contributed by atoms with Crippen LogP contribution in [0.2, 0.25) is 0 Å². The van der Waals surface area contributed by atoms with Crippen LogP contribution in [0, 0.1) is 11.6 Å². The molecule has 0 spiro atoms. The first kappa shape index (κ1) is 22.4. The van der Waals surface area contributed by atoms with Gasteiger partial charge in [-0.3, -0.25) is 19.8 Å². The maximum atomic E-state index is 14.7. The van der Waals surface area contributed by atoms with E-state index in [1.54, 1.807) is 4.90 Å². The molecular weight excluding hydrogens is 422 g/mol. The van der Waals surface area contributed by atoms with Crippen molar-refractivity contribution in [2.24, 2.45) is 0 Å². The van der Waals surface area contributed by atoms with Gasteiger partial charge in [-0.1, -0.05) is 0 Å². The van der Waals surface area contributed by atoms with E-state index in [1.807, 2.05) is 0 Å². The van der Waals surface area contributed by atoms with Gasteiger partial charge in [0.2, 0.25) is 11.8 Å². The van der Waals surface area contributed by atoms with Crippen molar-refractivity contribution in [1.82, 2.24) is 15.5 Å². The van der Waals surface area contributed by atoms with E-state index in [0.717, 1.165) is 13.1 Å². The molecular formula is C22H28F2N4O4. The molecule has 0 radical (unpaired) electrons. The monoisotopic (exact) mass is 450 g/mol. The van der Waals surface area contributed by atoms with Crippen molar-refractivity contribution in [3.05, 3.63) is 29.3 Å². The van der Waals surface area contributed by atoms with Gasteiger partial charge in [-0.05, 0) is 39.3 Å². The van der Waals surface area contributed by atoms with Crippen LogP contribution in [0.5, 0.6) is 0 Å². The second-order valence-corrected chi connectivity index (χ2v) is 9.68. The largest absolute Gasteiger partial charge is 0.442 e. The number of hydrogen-bond donors (Lipinski definition) is 2. The van der Waals surface area contributed by atoms with Crippen molar-refractivity contribution in [1.29, 1.82) is 0 Å². The minimum Gasteiger partial charge on any atom is -0.442 e. The number of hydrogen-bond acceptors (Lipinski definition) is 6. The number of amides is 3. The quantitative estimate of drug-likeness (QED) is 0.681. The summed E-state index contributed by atoms with van der Waals surface area (Å²) in [6, 6.07) is 2.41. The zero-order valence-electron chi connectivity index (χ0n) is 18.4. The third-order valence-electron chi connectivity index (χ3n) is 6.29. The maximum Gasteiger partial charge on any atom is 0.407 e.